The van der Waals surface area contributed by atoms with Crippen molar-refractivity contribution in [2.45, 2.75) is 19.8 Å². The zero-order chi connectivity index (χ0) is 6.69. The second-order valence-electron chi connectivity index (χ2n) is 2.57. The third kappa shape index (κ3) is 6.46. The molecule has 64 valence electrons. The van der Waals surface area contributed by atoms with Crippen molar-refractivity contribution < 1.29 is 34.0 Å². The molecule has 3 heteroatoms. The molecule has 0 nitrogen and oxygen atoms in total. The molecule has 0 bridgehead atoms. The van der Waals surface area contributed by atoms with Crippen LogP contribution in [0.5, 0.6) is 0 Å². The van der Waals surface area contributed by atoms with Crippen molar-refractivity contribution in [1.82, 2.24) is 0 Å². The Morgan fingerprint density at radius 1 is 0.917 bits per heavy atom. The minimum Gasteiger partial charge on any atom is -1.00 e. The van der Waals surface area contributed by atoms with Crippen molar-refractivity contribution in [1.29, 1.82) is 0 Å². The number of halogens is 2. The smallest absolute Gasteiger partial charge is 1.00 e. The Hall–Kier alpha value is 0.946. The molecule has 0 aromatic heterocycles. The van der Waals surface area contributed by atoms with E-state index in [2.05, 4.69) is 38.1 Å². The molecule has 1 aromatic carbocycles. The molecule has 0 saturated carbocycles. The maximum Gasteiger partial charge on any atom is 2.00 e. The summed E-state index contributed by atoms with van der Waals surface area (Å²) in [6.45, 7) is 4.41. The van der Waals surface area contributed by atoms with Crippen LogP contribution >= 0.6 is 0 Å². The SMILES string of the molecule is CC(C)c1ccccc1.[Br-].[Br-].[Mg+2]. The van der Waals surface area contributed by atoms with Gasteiger partial charge in [0, 0.05) is 0 Å². The van der Waals surface area contributed by atoms with E-state index in [-0.39, 0.29) is 57.0 Å². The van der Waals surface area contributed by atoms with E-state index < -0.39 is 0 Å². The van der Waals surface area contributed by atoms with E-state index in [1.54, 1.807) is 0 Å². The zero-order valence-corrected chi connectivity index (χ0v) is 12.0. The van der Waals surface area contributed by atoms with Gasteiger partial charge in [-0.05, 0) is 11.5 Å². The average molecular weight is 304 g/mol. The molecule has 0 atom stereocenters. The first-order valence-corrected chi connectivity index (χ1v) is 3.35. The minimum atomic E-state index is 0. The number of hydrogen-bond acceptors (Lipinski definition) is 0. The summed E-state index contributed by atoms with van der Waals surface area (Å²) < 4.78 is 0. The Bertz CT molecular complexity index is 175. The Morgan fingerprint density at radius 2 is 1.33 bits per heavy atom. The Kier molecular flexibility index (Phi) is 15.6. The largest absolute Gasteiger partial charge is 2.00 e. The number of benzene rings is 1. The van der Waals surface area contributed by atoms with Crippen LogP contribution in [0.25, 0.3) is 0 Å². The van der Waals surface area contributed by atoms with E-state index in [1.165, 1.54) is 5.56 Å². The molecule has 0 saturated heterocycles. The van der Waals surface area contributed by atoms with Gasteiger partial charge in [-0.2, -0.15) is 0 Å². The summed E-state index contributed by atoms with van der Waals surface area (Å²) in [5.74, 6) is 0.659. The summed E-state index contributed by atoms with van der Waals surface area (Å²) >= 11 is 0. The first-order valence-electron chi connectivity index (χ1n) is 3.35. The summed E-state index contributed by atoms with van der Waals surface area (Å²) in [7, 11) is 0. The molecule has 0 unspecified atom stereocenters. The molecule has 0 radical (unpaired) electrons. The van der Waals surface area contributed by atoms with E-state index in [0.29, 0.717) is 5.92 Å². The summed E-state index contributed by atoms with van der Waals surface area (Å²) in [5.41, 5.74) is 1.41. The van der Waals surface area contributed by atoms with Gasteiger partial charge in [-0.1, -0.05) is 44.2 Å². The maximum absolute atomic E-state index is 2.20. The monoisotopic (exact) mass is 302 g/mol. The fraction of sp³-hybridized carbons (Fsp3) is 0.333. The van der Waals surface area contributed by atoms with Gasteiger partial charge in [0.15, 0.2) is 0 Å². The molecule has 0 aliphatic rings. The van der Waals surface area contributed by atoms with E-state index in [0.717, 1.165) is 0 Å². The average Bonchev–Trinajstić information content (AvgIpc) is 1.90. The first-order chi connectivity index (χ1) is 4.30. The Balaban J connectivity index is -0.000000270. The van der Waals surface area contributed by atoms with Gasteiger partial charge >= 0.3 is 23.1 Å². The van der Waals surface area contributed by atoms with Crippen LogP contribution in [0.1, 0.15) is 25.3 Å². The van der Waals surface area contributed by atoms with Crippen LogP contribution in [-0.2, 0) is 0 Å². The van der Waals surface area contributed by atoms with E-state index in [9.17, 15) is 0 Å². The van der Waals surface area contributed by atoms with Gasteiger partial charge in [0.05, 0.1) is 0 Å². The standard InChI is InChI=1S/C9H12.2BrH.Mg/c1-8(2)9-6-4-3-5-7-9;;;/h3-8H,1-2H3;2*1H;/q;;;+2/p-2. The third-order valence-corrected chi connectivity index (χ3v) is 1.47. The molecule has 0 aliphatic heterocycles. The fourth-order valence-corrected chi connectivity index (χ4v) is 0.838. The van der Waals surface area contributed by atoms with Gasteiger partial charge < -0.3 is 34.0 Å². The van der Waals surface area contributed by atoms with Crippen molar-refractivity contribution >= 4 is 23.1 Å². The summed E-state index contributed by atoms with van der Waals surface area (Å²) in [6, 6.07) is 10.5. The first kappa shape index (κ1) is 18.7. The summed E-state index contributed by atoms with van der Waals surface area (Å²) in [5, 5.41) is 0. The normalized spacial score (nSPS) is 7.58. The van der Waals surface area contributed by atoms with Gasteiger partial charge in [0.25, 0.3) is 0 Å². The van der Waals surface area contributed by atoms with Crippen molar-refractivity contribution in [3.05, 3.63) is 35.9 Å². The van der Waals surface area contributed by atoms with E-state index in [4.69, 9.17) is 0 Å². The molecule has 0 N–H and O–H groups in total. The second kappa shape index (κ2) is 10.0. The van der Waals surface area contributed by atoms with E-state index in [1.807, 2.05) is 6.07 Å². The molecule has 0 heterocycles. The predicted molar refractivity (Wildman–Crippen MR) is 46.3 cm³/mol. The zero-order valence-electron chi connectivity index (χ0n) is 7.43. The van der Waals surface area contributed by atoms with Crippen molar-refractivity contribution in [2.75, 3.05) is 0 Å². The Labute approximate surface area is 112 Å². The molecule has 0 aliphatic carbocycles. The third-order valence-electron chi connectivity index (χ3n) is 1.47. The molecule has 1 rings (SSSR count). The molecular formula is C9H12Br2Mg. The van der Waals surface area contributed by atoms with Crippen LogP contribution in [-0.4, -0.2) is 23.1 Å². The van der Waals surface area contributed by atoms with Crippen LogP contribution in [0.2, 0.25) is 0 Å². The minimum absolute atomic E-state index is 0. The predicted octanol–water partition coefficient (Wildman–Crippen LogP) is -3.56. The number of rotatable bonds is 1. The molecule has 0 amide bonds. The molecule has 0 fully saturated rings. The van der Waals surface area contributed by atoms with E-state index >= 15 is 0 Å². The summed E-state index contributed by atoms with van der Waals surface area (Å²) in [6.07, 6.45) is 0. The van der Waals surface area contributed by atoms with Crippen LogP contribution in [0.3, 0.4) is 0 Å². The van der Waals surface area contributed by atoms with Crippen LogP contribution in [0.4, 0.5) is 0 Å². The van der Waals surface area contributed by atoms with Crippen LogP contribution in [0, 0.1) is 0 Å². The molecule has 1 aromatic rings. The van der Waals surface area contributed by atoms with Crippen molar-refractivity contribution in [3.8, 4) is 0 Å². The topological polar surface area (TPSA) is 0 Å². The van der Waals surface area contributed by atoms with Gasteiger partial charge in [0.2, 0.25) is 0 Å². The van der Waals surface area contributed by atoms with Gasteiger partial charge in [0.1, 0.15) is 0 Å². The fourth-order valence-electron chi connectivity index (χ4n) is 0.838. The van der Waals surface area contributed by atoms with Gasteiger partial charge in [-0.3, -0.25) is 0 Å². The van der Waals surface area contributed by atoms with Gasteiger partial charge in [-0.25, -0.2) is 0 Å². The quantitative estimate of drug-likeness (QED) is 0.471. The Morgan fingerprint density at radius 3 is 1.58 bits per heavy atom. The molecular weight excluding hydrogens is 292 g/mol. The van der Waals surface area contributed by atoms with Crippen LogP contribution in [0.15, 0.2) is 30.3 Å². The maximum atomic E-state index is 2.20. The summed E-state index contributed by atoms with van der Waals surface area (Å²) in [4.78, 5) is 0. The van der Waals surface area contributed by atoms with Gasteiger partial charge in [-0.15, -0.1) is 0 Å². The van der Waals surface area contributed by atoms with Crippen LogP contribution < -0.4 is 34.0 Å². The molecule has 0 spiro atoms. The second-order valence-corrected chi connectivity index (χ2v) is 2.57. The van der Waals surface area contributed by atoms with Crippen molar-refractivity contribution in [3.63, 3.8) is 0 Å². The molecule has 12 heavy (non-hydrogen) atoms. The number of hydrogen-bond donors (Lipinski definition) is 0. The van der Waals surface area contributed by atoms with Crippen molar-refractivity contribution in [2.24, 2.45) is 0 Å².